The van der Waals surface area contributed by atoms with Crippen molar-refractivity contribution in [1.82, 2.24) is 0 Å². The van der Waals surface area contributed by atoms with E-state index in [1.165, 1.54) is 5.56 Å². The topological polar surface area (TPSA) is 0 Å². The van der Waals surface area contributed by atoms with Gasteiger partial charge in [-0.05, 0) is 35.2 Å². The van der Waals surface area contributed by atoms with Crippen molar-refractivity contribution in [3.05, 3.63) is 106 Å². The van der Waals surface area contributed by atoms with Gasteiger partial charge < -0.3 is 0 Å². The van der Waals surface area contributed by atoms with Crippen molar-refractivity contribution < 1.29 is 0 Å². The molecule has 0 spiro atoms. The fourth-order valence-corrected chi connectivity index (χ4v) is 3.29. The summed E-state index contributed by atoms with van der Waals surface area (Å²) in [6.45, 7) is 0. The predicted octanol–water partition coefficient (Wildman–Crippen LogP) is 6.37. The summed E-state index contributed by atoms with van der Waals surface area (Å²) >= 11 is 12.9. The van der Waals surface area contributed by atoms with Crippen molar-refractivity contribution in [3.8, 4) is 0 Å². The van der Waals surface area contributed by atoms with E-state index in [1.54, 1.807) is 0 Å². The molecule has 0 aliphatic rings. The zero-order valence-electron chi connectivity index (χ0n) is 12.0. The van der Waals surface area contributed by atoms with Crippen molar-refractivity contribution in [2.75, 3.05) is 0 Å². The van der Waals surface area contributed by atoms with Gasteiger partial charge in [0.05, 0.1) is 0 Å². The van der Waals surface area contributed by atoms with Gasteiger partial charge in [0.15, 0.2) is 0 Å². The molecule has 0 aliphatic heterocycles. The summed E-state index contributed by atoms with van der Waals surface area (Å²) in [5, 5.41) is 1.56. The second-order valence-electron chi connectivity index (χ2n) is 5.29. The molecule has 0 heterocycles. The number of hydrogen-bond donors (Lipinski definition) is 0. The molecular weight excluding hydrogens is 311 g/mol. The Labute approximate surface area is 141 Å². The van der Waals surface area contributed by atoms with Crippen molar-refractivity contribution in [2.24, 2.45) is 0 Å². The highest BCUT2D eigenvalue weighted by Gasteiger charge is 2.19. The Bertz CT molecular complexity index is 705. The first kappa shape index (κ1) is 15.1. The molecule has 0 aliphatic carbocycles. The van der Waals surface area contributed by atoms with Crippen LogP contribution in [-0.2, 0) is 6.42 Å². The molecule has 0 aromatic heterocycles. The van der Waals surface area contributed by atoms with Crippen molar-refractivity contribution in [1.29, 1.82) is 0 Å². The highest BCUT2D eigenvalue weighted by Crippen LogP contribution is 2.36. The Balaban J connectivity index is 2.07. The monoisotopic (exact) mass is 326 g/mol. The Kier molecular flexibility index (Phi) is 4.82. The van der Waals surface area contributed by atoms with Gasteiger partial charge >= 0.3 is 0 Å². The van der Waals surface area contributed by atoms with E-state index in [4.69, 9.17) is 23.2 Å². The Morgan fingerprint density at radius 3 is 1.55 bits per heavy atom. The minimum Gasteiger partial charge on any atom is -0.0840 e. The van der Waals surface area contributed by atoms with Gasteiger partial charge in [-0.2, -0.15) is 0 Å². The van der Waals surface area contributed by atoms with Crippen LogP contribution in [0.4, 0.5) is 0 Å². The van der Waals surface area contributed by atoms with E-state index in [-0.39, 0.29) is 5.92 Å². The third-order valence-electron chi connectivity index (χ3n) is 3.84. The molecule has 0 saturated heterocycles. The maximum absolute atomic E-state index is 6.44. The fourth-order valence-electron chi connectivity index (χ4n) is 2.75. The summed E-state index contributed by atoms with van der Waals surface area (Å²) < 4.78 is 0. The largest absolute Gasteiger partial charge is 0.0840 e. The molecule has 0 unspecified atom stereocenters. The van der Waals surface area contributed by atoms with Gasteiger partial charge in [-0.3, -0.25) is 0 Å². The average molecular weight is 327 g/mol. The normalized spacial score (nSPS) is 10.9. The molecule has 0 fully saturated rings. The maximum Gasteiger partial charge on any atom is 0.0444 e. The highest BCUT2D eigenvalue weighted by molar-refractivity contribution is 6.32. The van der Waals surface area contributed by atoms with Crippen LogP contribution < -0.4 is 0 Å². The molecule has 0 saturated carbocycles. The van der Waals surface area contributed by atoms with Gasteiger partial charge in [-0.1, -0.05) is 89.9 Å². The van der Waals surface area contributed by atoms with Crippen LogP contribution in [0.3, 0.4) is 0 Å². The van der Waals surface area contributed by atoms with Gasteiger partial charge in [0, 0.05) is 16.0 Å². The number of rotatable bonds is 4. The third kappa shape index (κ3) is 3.35. The van der Waals surface area contributed by atoms with E-state index >= 15 is 0 Å². The molecule has 0 bridgehead atoms. The lowest BCUT2D eigenvalue weighted by molar-refractivity contribution is 0.805. The second kappa shape index (κ2) is 7.00. The fraction of sp³-hybridized carbons (Fsp3) is 0.100. The molecule has 110 valence electrons. The van der Waals surface area contributed by atoms with Crippen LogP contribution in [0.1, 0.15) is 22.6 Å². The summed E-state index contributed by atoms with van der Waals surface area (Å²) in [5.74, 6) is 0.143. The molecule has 2 heteroatoms. The zero-order valence-corrected chi connectivity index (χ0v) is 13.6. The summed E-state index contributed by atoms with van der Waals surface area (Å²) in [6.07, 6.45) is 0.869. The maximum atomic E-state index is 6.44. The number of hydrogen-bond acceptors (Lipinski definition) is 0. The quantitative estimate of drug-likeness (QED) is 0.522. The van der Waals surface area contributed by atoms with Gasteiger partial charge in [-0.25, -0.2) is 0 Å². The minimum atomic E-state index is 0.143. The molecule has 0 N–H and O–H groups in total. The van der Waals surface area contributed by atoms with Crippen LogP contribution >= 0.6 is 23.2 Å². The first-order valence-electron chi connectivity index (χ1n) is 7.28. The van der Waals surface area contributed by atoms with Crippen molar-refractivity contribution in [2.45, 2.75) is 12.3 Å². The Hall–Kier alpha value is -1.76. The third-order valence-corrected chi connectivity index (χ3v) is 4.53. The van der Waals surface area contributed by atoms with Crippen LogP contribution in [0.2, 0.25) is 10.0 Å². The number of benzene rings is 3. The molecular formula is C20H16Cl2. The lowest BCUT2D eigenvalue weighted by atomic mass is 9.86. The molecule has 3 aromatic rings. The Morgan fingerprint density at radius 2 is 1.05 bits per heavy atom. The van der Waals surface area contributed by atoms with E-state index in [0.29, 0.717) is 0 Å². The van der Waals surface area contributed by atoms with Crippen LogP contribution in [-0.4, -0.2) is 0 Å². The summed E-state index contributed by atoms with van der Waals surface area (Å²) in [5.41, 5.74) is 3.49. The van der Waals surface area contributed by atoms with Crippen molar-refractivity contribution >= 4 is 23.2 Å². The van der Waals surface area contributed by atoms with E-state index in [2.05, 4.69) is 36.4 Å². The summed E-state index contributed by atoms with van der Waals surface area (Å²) in [7, 11) is 0. The molecule has 22 heavy (non-hydrogen) atoms. The van der Waals surface area contributed by atoms with E-state index in [1.807, 2.05) is 42.5 Å². The predicted molar refractivity (Wildman–Crippen MR) is 94.9 cm³/mol. The smallest absolute Gasteiger partial charge is 0.0444 e. The van der Waals surface area contributed by atoms with Crippen molar-refractivity contribution in [3.63, 3.8) is 0 Å². The summed E-state index contributed by atoms with van der Waals surface area (Å²) in [6, 6.07) is 26.4. The lowest BCUT2D eigenvalue weighted by Gasteiger charge is -2.20. The molecule has 0 nitrogen and oxygen atoms in total. The molecule has 0 amide bonds. The van der Waals surface area contributed by atoms with Gasteiger partial charge in [0.1, 0.15) is 0 Å². The SMILES string of the molecule is Clc1ccccc1C(Cc1ccccc1)c1ccccc1Cl. The minimum absolute atomic E-state index is 0.143. The molecule has 0 atom stereocenters. The van der Waals surface area contributed by atoms with Gasteiger partial charge in [-0.15, -0.1) is 0 Å². The highest BCUT2D eigenvalue weighted by atomic mass is 35.5. The molecule has 3 aromatic carbocycles. The van der Waals surface area contributed by atoms with Crippen LogP contribution in [0.25, 0.3) is 0 Å². The molecule has 0 radical (unpaired) electrons. The van der Waals surface area contributed by atoms with E-state index in [9.17, 15) is 0 Å². The Morgan fingerprint density at radius 1 is 0.591 bits per heavy atom. The second-order valence-corrected chi connectivity index (χ2v) is 6.10. The summed E-state index contributed by atoms with van der Waals surface area (Å²) in [4.78, 5) is 0. The zero-order chi connectivity index (χ0) is 15.4. The van der Waals surface area contributed by atoms with E-state index < -0.39 is 0 Å². The molecule has 3 rings (SSSR count). The standard InChI is InChI=1S/C20H16Cl2/c21-19-12-6-4-10-16(19)18(14-15-8-2-1-3-9-15)17-11-5-7-13-20(17)22/h1-13,18H,14H2. The van der Waals surface area contributed by atoms with Crippen LogP contribution in [0.15, 0.2) is 78.9 Å². The van der Waals surface area contributed by atoms with E-state index in [0.717, 1.165) is 27.6 Å². The first-order chi connectivity index (χ1) is 10.8. The van der Waals surface area contributed by atoms with Crippen LogP contribution in [0.5, 0.6) is 0 Å². The first-order valence-corrected chi connectivity index (χ1v) is 8.04. The lowest BCUT2D eigenvalue weighted by Crippen LogP contribution is -2.06. The van der Waals surface area contributed by atoms with Gasteiger partial charge in [0.25, 0.3) is 0 Å². The number of halogens is 2. The van der Waals surface area contributed by atoms with Gasteiger partial charge in [0.2, 0.25) is 0 Å². The van der Waals surface area contributed by atoms with Crippen LogP contribution in [0, 0.1) is 0 Å². The average Bonchev–Trinajstić information content (AvgIpc) is 2.55.